The summed E-state index contributed by atoms with van der Waals surface area (Å²) >= 11 is 0. The van der Waals surface area contributed by atoms with E-state index in [-0.39, 0.29) is 0 Å². The van der Waals surface area contributed by atoms with E-state index in [1.807, 2.05) is 0 Å². The first-order valence-electron chi connectivity index (χ1n) is 10.4. The molecule has 0 saturated heterocycles. The monoisotopic (exact) mass is 349 g/mol. The van der Waals surface area contributed by atoms with Crippen molar-refractivity contribution < 1.29 is 0 Å². The summed E-state index contributed by atoms with van der Waals surface area (Å²) in [6.45, 7) is 18.4. The maximum absolute atomic E-state index is 3.43. The number of rotatable bonds is 7. The van der Waals surface area contributed by atoms with Gasteiger partial charge >= 0.3 is 0 Å². The topological polar surface area (TPSA) is 0 Å². The SMILES string of the molecule is CC(C)Cc1c[c]cc(CC(C)C)c1-c1cc(C(C)C)cc(C(C)C)c1. The van der Waals surface area contributed by atoms with Crippen LogP contribution in [0.2, 0.25) is 0 Å². The van der Waals surface area contributed by atoms with Crippen LogP contribution in [0.5, 0.6) is 0 Å². The molecule has 0 saturated carbocycles. The lowest BCUT2D eigenvalue weighted by Crippen LogP contribution is -2.04. The molecule has 0 nitrogen and oxygen atoms in total. The van der Waals surface area contributed by atoms with Gasteiger partial charge in [-0.2, -0.15) is 0 Å². The highest BCUT2D eigenvalue weighted by Gasteiger charge is 2.16. The average molecular weight is 350 g/mol. The van der Waals surface area contributed by atoms with Gasteiger partial charge in [-0.3, -0.25) is 0 Å². The number of hydrogen-bond donors (Lipinski definition) is 0. The highest BCUT2D eigenvalue weighted by atomic mass is 14.2. The van der Waals surface area contributed by atoms with E-state index in [2.05, 4.69) is 91.8 Å². The second-order valence-corrected chi connectivity index (χ2v) is 9.27. The summed E-state index contributed by atoms with van der Waals surface area (Å²) in [6, 6.07) is 15.1. The summed E-state index contributed by atoms with van der Waals surface area (Å²) in [5, 5.41) is 0. The van der Waals surface area contributed by atoms with Gasteiger partial charge in [-0.25, -0.2) is 0 Å². The van der Waals surface area contributed by atoms with Crippen molar-refractivity contribution >= 4 is 0 Å². The van der Waals surface area contributed by atoms with Crippen LogP contribution in [0.4, 0.5) is 0 Å². The Labute approximate surface area is 162 Å². The molecule has 2 aromatic carbocycles. The second-order valence-electron chi connectivity index (χ2n) is 9.27. The molecule has 2 rings (SSSR count). The molecule has 0 unspecified atom stereocenters. The minimum atomic E-state index is 0.546. The van der Waals surface area contributed by atoms with Gasteiger partial charge in [0.05, 0.1) is 0 Å². The van der Waals surface area contributed by atoms with E-state index in [0.717, 1.165) is 12.8 Å². The van der Waals surface area contributed by atoms with E-state index in [0.29, 0.717) is 23.7 Å². The van der Waals surface area contributed by atoms with Crippen molar-refractivity contribution in [3.63, 3.8) is 0 Å². The second kappa shape index (κ2) is 8.89. The third kappa shape index (κ3) is 5.22. The zero-order chi connectivity index (χ0) is 19.4. The van der Waals surface area contributed by atoms with Crippen molar-refractivity contribution in [2.75, 3.05) is 0 Å². The third-order valence-electron chi connectivity index (χ3n) is 5.01. The fraction of sp³-hybridized carbons (Fsp3) is 0.538. The molecule has 0 spiro atoms. The lowest BCUT2D eigenvalue weighted by Gasteiger charge is -2.21. The molecule has 2 aromatic rings. The molecule has 0 aromatic heterocycles. The molecule has 0 aliphatic heterocycles. The van der Waals surface area contributed by atoms with E-state index < -0.39 is 0 Å². The molecule has 0 fully saturated rings. The van der Waals surface area contributed by atoms with Gasteiger partial charge in [0.2, 0.25) is 0 Å². The van der Waals surface area contributed by atoms with E-state index in [9.17, 15) is 0 Å². The van der Waals surface area contributed by atoms with Crippen molar-refractivity contribution in [3.05, 3.63) is 58.7 Å². The standard InChI is InChI=1S/C26H37/c1-17(2)12-21-10-9-11-22(13-18(3)4)26(21)25-15-23(19(5)6)14-24(16-25)20(7)8/h10-11,14-20H,12-13H2,1-8H3. The average Bonchev–Trinajstić information content (AvgIpc) is 2.53. The molecule has 0 atom stereocenters. The molecule has 0 aliphatic rings. The summed E-state index contributed by atoms with van der Waals surface area (Å²) in [4.78, 5) is 0. The Hall–Kier alpha value is -1.56. The molecule has 141 valence electrons. The minimum absolute atomic E-state index is 0.546. The zero-order valence-corrected chi connectivity index (χ0v) is 18.1. The van der Waals surface area contributed by atoms with E-state index >= 15 is 0 Å². The van der Waals surface area contributed by atoms with Crippen LogP contribution in [0, 0.1) is 17.9 Å². The molecule has 0 N–H and O–H groups in total. The first-order valence-corrected chi connectivity index (χ1v) is 10.4. The third-order valence-corrected chi connectivity index (χ3v) is 5.01. The van der Waals surface area contributed by atoms with Crippen molar-refractivity contribution in [3.8, 4) is 11.1 Å². The Kier molecular flexibility index (Phi) is 7.09. The van der Waals surface area contributed by atoms with Gasteiger partial charge in [0, 0.05) is 0 Å². The molecule has 0 aliphatic carbocycles. The predicted octanol–water partition coefficient (Wildman–Crippen LogP) is 7.80. The Balaban J connectivity index is 2.71. The predicted molar refractivity (Wildman–Crippen MR) is 116 cm³/mol. The Morgan fingerprint density at radius 3 is 1.42 bits per heavy atom. The van der Waals surface area contributed by atoms with E-state index in [4.69, 9.17) is 0 Å². The van der Waals surface area contributed by atoms with Crippen LogP contribution in [-0.4, -0.2) is 0 Å². The lowest BCUT2D eigenvalue weighted by molar-refractivity contribution is 0.637. The van der Waals surface area contributed by atoms with Crippen LogP contribution in [0.3, 0.4) is 0 Å². The first kappa shape index (κ1) is 20.7. The van der Waals surface area contributed by atoms with Gasteiger partial charge in [0.1, 0.15) is 0 Å². The summed E-state index contributed by atoms with van der Waals surface area (Å²) in [5.41, 5.74) is 8.67. The molecule has 1 radical (unpaired) electrons. The number of hydrogen-bond acceptors (Lipinski definition) is 0. The molecule has 0 heteroatoms. The van der Waals surface area contributed by atoms with Gasteiger partial charge < -0.3 is 0 Å². The summed E-state index contributed by atoms with van der Waals surface area (Å²) in [6.07, 6.45) is 2.22. The van der Waals surface area contributed by atoms with Crippen LogP contribution in [-0.2, 0) is 12.8 Å². The molecule has 0 bridgehead atoms. The maximum Gasteiger partial charge on any atom is -0.0119 e. The maximum atomic E-state index is 3.43. The fourth-order valence-electron chi connectivity index (χ4n) is 3.65. The molecule has 26 heavy (non-hydrogen) atoms. The normalized spacial score (nSPS) is 12.0. The van der Waals surface area contributed by atoms with Crippen molar-refractivity contribution in [1.82, 2.24) is 0 Å². The molecular weight excluding hydrogens is 312 g/mol. The summed E-state index contributed by atoms with van der Waals surface area (Å²) in [5.74, 6) is 2.39. The quantitative estimate of drug-likeness (QED) is 0.478. The fourth-order valence-corrected chi connectivity index (χ4v) is 3.65. The summed E-state index contributed by atoms with van der Waals surface area (Å²) in [7, 11) is 0. The van der Waals surface area contributed by atoms with Gasteiger partial charge in [0.15, 0.2) is 0 Å². The number of benzene rings is 2. The highest BCUT2D eigenvalue weighted by molar-refractivity contribution is 5.73. The van der Waals surface area contributed by atoms with Gasteiger partial charge in [-0.15, -0.1) is 0 Å². The van der Waals surface area contributed by atoms with Crippen molar-refractivity contribution in [2.24, 2.45) is 11.8 Å². The van der Waals surface area contributed by atoms with Crippen LogP contribution < -0.4 is 0 Å². The Bertz CT molecular complexity index is 662. The molecular formula is C26H37. The highest BCUT2D eigenvalue weighted by Crippen LogP contribution is 2.35. The molecule has 0 heterocycles. The van der Waals surface area contributed by atoms with Gasteiger partial charge in [0.25, 0.3) is 0 Å². The van der Waals surface area contributed by atoms with Gasteiger partial charge in [-0.05, 0) is 76.0 Å². The first-order chi connectivity index (χ1) is 12.2. The van der Waals surface area contributed by atoms with Crippen LogP contribution in [0.15, 0.2) is 30.3 Å². The lowest BCUT2D eigenvalue weighted by atomic mass is 9.84. The largest absolute Gasteiger partial charge is 0.0625 e. The molecule has 0 amide bonds. The Morgan fingerprint density at radius 2 is 1.08 bits per heavy atom. The zero-order valence-electron chi connectivity index (χ0n) is 18.1. The Morgan fingerprint density at radius 1 is 0.654 bits per heavy atom. The van der Waals surface area contributed by atoms with Crippen molar-refractivity contribution in [1.29, 1.82) is 0 Å². The van der Waals surface area contributed by atoms with Crippen LogP contribution in [0.25, 0.3) is 11.1 Å². The van der Waals surface area contributed by atoms with E-state index in [1.165, 1.54) is 33.4 Å². The smallest absolute Gasteiger partial charge is 0.0119 e. The van der Waals surface area contributed by atoms with Crippen LogP contribution in [0.1, 0.15) is 89.5 Å². The van der Waals surface area contributed by atoms with Gasteiger partial charge in [-0.1, -0.05) is 85.7 Å². The summed E-state index contributed by atoms with van der Waals surface area (Å²) < 4.78 is 0. The van der Waals surface area contributed by atoms with E-state index in [1.54, 1.807) is 0 Å². The van der Waals surface area contributed by atoms with Crippen LogP contribution >= 0.6 is 0 Å². The minimum Gasteiger partial charge on any atom is -0.0625 e. The van der Waals surface area contributed by atoms with Crippen molar-refractivity contribution in [2.45, 2.75) is 80.1 Å².